The van der Waals surface area contributed by atoms with Crippen LogP contribution in [0.2, 0.25) is 0 Å². The lowest BCUT2D eigenvalue weighted by molar-refractivity contribution is -0.122. The molecule has 0 bridgehead atoms. The monoisotopic (exact) mass is 364 g/mol. The van der Waals surface area contributed by atoms with E-state index in [0.29, 0.717) is 19.1 Å². The normalized spacial score (nSPS) is 16.5. The van der Waals surface area contributed by atoms with Crippen molar-refractivity contribution < 1.29 is 4.79 Å². The molecule has 0 unspecified atom stereocenters. The van der Waals surface area contributed by atoms with Crippen molar-refractivity contribution >= 4 is 11.9 Å². The first-order valence-electron chi connectivity index (χ1n) is 9.49. The minimum absolute atomic E-state index is 0.122. The first-order chi connectivity index (χ1) is 12.6. The van der Waals surface area contributed by atoms with E-state index in [2.05, 4.69) is 49.8 Å². The van der Waals surface area contributed by atoms with Gasteiger partial charge in [-0.15, -0.1) is 0 Å². The van der Waals surface area contributed by atoms with Crippen molar-refractivity contribution in [2.24, 2.45) is 12.0 Å². The molecule has 3 N–H and O–H groups in total. The summed E-state index contributed by atoms with van der Waals surface area (Å²) in [6.45, 7) is 8.49. The Morgan fingerprint density at radius 3 is 2.69 bits per heavy atom. The number of carbonyl (C=O) groups is 1. The lowest BCUT2D eigenvalue weighted by Crippen LogP contribution is -2.50. The van der Waals surface area contributed by atoms with Gasteiger partial charge >= 0.3 is 0 Å². The van der Waals surface area contributed by atoms with Gasteiger partial charge in [0.25, 0.3) is 0 Å². The molecule has 1 aliphatic heterocycles. The number of hydrogen-bond donors (Lipinski definition) is 3. The Bertz CT molecular complexity index is 577. The van der Waals surface area contributed by atoms with E-state index in [1.807, 2.05) is 7.05 Å². The number of amides is 1. The predicted octanol–water partition coefficient (Wildman–Crippen LogP) is -0.139. The molecule has 2 rings (SSSR count). The van der Waals surface area contributed by atoms with Crippen LogP contribution < -0.4 is 16.0 Å². The average molecular weight is 364 g/mol. The minimum atomic E-state index is 0.122. The van der Waals surface area contributed by atoms with Crippen molar-refractivity contribution in [3.63, 3.8) is 0 Å². The largest absolute Gasteiger partial charge is 0.357 e. The smallest absolute Gasteiger partial charge is 0.234 e. The molecule has 1 aromatic heterocycles. The quantitative estimate of drug-likeness (QED) is 0.439. The highest BCUT2D eigenvalue weighted by Crippen LogP contribution is 2.10. The summed E-state index contributed by atoms with van der Waals surface area (Å²) in [5.74, 6) is 1.75. The number of likely N-dealkylation sites (tertiary alicyclic amines) is 1. The Morgan fingerprint density at radius 2 is 2.08 bits per heavy atom. The predicted molar refractivity (Wildman–Crippen MR) is 102 cm³/mol. The van der Waals surface area contributed by atoms with Crippen LogP contribution in [0, 0.1) is 0 Å². The zero-order valence-electron chi connectivity index (χ0n) is 16.2. The fourth-order valence-electron chi connectivity index (χ4n) is 2.89. The van der Waals surface area contributed by atoms with Gasteiger partial charge < -0.3 is 16.0 Å². The zero-order valence-corrected chi connectivity index (χ0v) is 16.2. The van der Waals surface area contributed by atoms with Crippen LogP contribution in [0.3, 0.4) is 0 Å². The number of hydrogen-bond acceptors (Lipinski definition) is 5. The molecule has 9 heteroatoms. The summed E-state index contributed by atoms with van der Waals surface area (Å²) in [4.78, 5) is 22.8. The molecule has 1 fully saturated rings. The molecule has 0 spiro atoms. The standard InChI is InChI=1S/C17H32N8O/c1-4-8-19-16(26)12-25-9-6-14(7-10-25)23-17(18-5-2)20-11-15-21-13-22-24(15)3/h13-14H,4-12H2,1-3H3,(H,19,26)(H2,18,20,23). The topological polar surface area (TPSA) is 99.5 Å². The van der Waals surface area contributed by atoms with Crippen molar-refractivity contribution in [2.75, 3.05) is 32.7 Å². The molecule has 0 aliphatic carbocycles. The number of aryl methyl sites for hydroxylation is 1. The van der Waals surface area contributed by atoms with Crippen molar-refractivity contribution in [1.82, 2.24) is 35.6 Å². The van der Waals surface area contributed by atoms with Crippen LogP contribution in [0.4, 0.5) is 0 Å². The van der Waals surface area contributed by atoms with Crippen LogP contribution in [0.5, 0.6) is 0 Å². The Balaban J connectivity index is 1.78. The number of nitrogens with one attached hydrogen (secondary N) is 3. The van der Waals surface area contributed by atoms with E-state index in [9.17, 15) is 4.79 Å². The van der Waals surface area contributed by atoms with E-state index in [0.717, 1.165) is 57.2 Å². The van der Waals surface area contributed by atoms with E-state index in [1.54, 1.807) is 4.68 Å². The van der Waals surface area contributed by atoms with Crippen LogP contribution in [0.25, 0.3) is 0 Å². The third kappa shape index (κ3) is 6.62. The Labute approximate surface area is 155 Å². The van der Waals surface area contributed by atoms with E-state index in [-0.39, 0.29) is 5.91 Å². The van der Waals surface area contributed by atoms with E-state index >= 15 is 0 Å². The third-order valence-electron chi connectivity index (χ3n) is 4.40. The molecular weight excluding hydrogens is 332 g/mol. The molecule has 2 heterocycles. The fourth-order valence-corrected chi connectivity index (χ4v) is 2.89. The van der Waals surface area contributed by atoms with Gasteiger partial charge in [-0.1, -0.05) is 6.92 Å². The van der Waals surface area contributed by atoms with Crippen LogP contribution in [0.15, 0.2) is 11.3 Å². The number of piperidine rings is 1. The fraction of sp³-hybridized carbons (Fsp3) is 0.765. The second-order valence-corrected chi connectivity index (χ2v) is 6.54. The summed E-state index contributed by atoms with van der Waals surface area (Å²) in [7, 11) is 1.87. The maximum atomic E-state index is 11.8. The van der Waals surface area contributed by atoms with Gasteiger partial charge in [0.2, 0.25) is 5.91 Å². The SMILES string of the molecule is CCCNC(=O)CN1CCC(NC(=NCc2ncnn2C)NCC)CC1. The Kier molecular flexibility index (Phi) is 8.33. The molecule has 1 aliphatic rings. The highest BCUT2D eigenvalue weighted by atomic mass is 16.2. The van der Waals surface area contributed by atoms with Crippen LogP contribution >= 0.6 is 0 Å². The third-order valence-corrected chi connectivity index (χ3v) is 4.40. The first kappa shape index (κ1) is 20.2. The summed E-state index contributed by atoms with van der Waals surface area (Å²) >= 11 is 0. The summed E-state index contributed by atoms with van der Waals surface area (Å²) in [6, 6.07) is 0.363. The number of aromatic nitrogens is 3. The number of rotatable bonds is 8. The number of guanidine groups is 1. The summed E-state index contributed by atoms with van der Waals surface area (Å²) < 4.78 is 1.73. The summed E-state index contributed by atoms with van der Waals surface area (Å²) in [5.41, 5.74) is 0. The van der Waals surface area contributed by atoms with Gasteiger partial charge in [-0.2, -0.15) is 5.10 Å². The van der Waals surface area contributed by atoms with Gasteiger partial charge in [-0.25, -0.2) is 9.98 Å². The summed E-state index contributed by atoms with van der Waals surface area (Å²) in [6.07, 6.45) is 4.50. The van der Waals surface area contributed by atoms with Gasteiger partial charge in [0.15, 0.2) is 5.96 Å². The van der Waals surface area contributed by atoms with Crippen molar-refractivity contribution in [3.8, 4) is 0 Å². The molecule has 1 saturated heterocycles. The molecule has 0 radical (unpaired) electrons. The van der Waals surface area contributed by atoms with Crippen molar-refractivity contribution in [2.45, 2.75) is 45.7 Å². The highest BCUT2D eigenvalue weighted by Gasteiger charge is 2.21. The lowest BCUT2D eigenvalue weighted by atomic mass is 10.1. The second-order valence-electron chi connectivity index (χ2n) is 6.54. The zero-order chi connectivity index (χ0) is 18.8. The average Bonchev–Trinajstić information content (AvgIpc) is 3.04. The number of nitrogens with zero attached hydrogens (tertiary/aromatic N) is 5. The van der Waals surface area contributed by atoms with Crippen LogP contribution in [-0.2, 0) is 18.4 Å². The molecule has 26 heavy (non-hydrogen) atoms. The minimum Gasteiger partial charge on any atom is -0.357 e. The first-order valence-corrected chi connectivity index (χ1v) is 9.49. The van der Waals surface area contributed by atoms with Gasteiger partial charge in [-0.3, -0.25) is 14.4 Å². The molecule has 146 valence electrons. The summed E-state index contributed by atoms with van der Waals surface area (Å²) in [5, 5.41) is 13.8. The van der Waals surface area contributed by atoms with Gasteiger partial charge in [0, 0.05) is 39.3 Å². The highest BCUT2D eigenvalue weighted by molar-refractivity contribution is 5.80. The molecule has 1 amide bonds. The van der Waals surface area contributed by atoms with Crippen LogP contribution in [0.1, 0.15) is 38.9 Å². The molecule has 0 aromatic carbocycles. The Hall–Kier alpha value is -2.16. The number of aliphatic imine (C=N–C) groups is 1. The van der Waals surface area contributed by atoms with E-state index in [1.165, 1.54) is 6.33 Å². The van der Waals surface area contributed by atoms with Crippen molar-refractivity contribution in [1.29, 1.82) is 0 Å². The second kappa shape index (κ2) is 10.7. The molecule has 9 nitrogen and oxygen atoms in total. The lowest BCUT2D eigenvalue weighted by Gasteiger charge is -2.32. The van der Waals surface area contributed by atoms with Crippen molar-refractivity contribution in [3.05, 3.63) is 12.2 Å². The van der Waals surface area contributed by atoms with Gasteiger partial charge in [-0.05, 0) is 26.2 Å². The van der Waals surface area contributed by atoms with E-state index < -0.39 is 0 Å². The molecule has 0 saturated carbocycles. The van der Waals surface area contributed by atoms with E-state index in [4.69, 9.17) is 0 Å². The van der Waals surface area contributed by atoms with Gasteiger partial charge in [0.1, 0.15) is 18.7 Å². The maximum absolute atomic E-state index is 11.8. The number of carbonyl (C=O) groups excluding carboxylic acids is 1. The maximum Gasteiger partial charge on any atom is 0.234 e. The van der Waals surface area contributed by atoms with Gasteiger partial charge in [0.05, 0.1) is 6.54 Å². The molecule has 1 aromatic rings. The molecular formula is C17H32N8O. The Morgan fingerprint density at radius 1 is 1.31 bits per heavy atom. The van der Waals surface area contributed by atoms with Crippen LogP contribution in [-0.4, -0.2) is 70.3 Å². The molecule has 0 atom stereocenters.